The zero-order chi connectivity index (χ0) is 15.2. The largest absolute Gasteiger partial charge is 0.490 e. The van der Waals surface area contributed by atoms with Crippen LogP contribution in [0.4, 0.5) is 0 Å². The van der Waals surface area contributed by atoms with Gasteiger partial charge in [0.15, 0.2) is 17.1 Å². The van der Waals surface area contributed by atoms with E-state index < -0.39 is 0 Å². The SMILES string of the molecule is CCOc1cccc2cc(C(=O)NC(CC)COC)oc12. The Balaban J connectivity index is 2.22. The van der Waals surface area contributed by atoms with Gasteiger partial charge in [0.05, 0.1) is 19.3 Å². The molecule has 5 nitrogen and oxygen atoms in total. The highest BCUT2D eigenvalue weighted by Crippen LogP contribution is 2.28. The third kappa shape index (κ3) is 3.55. The normalized spacial score (nSPS) is 12.3. The van der Waals surface area contributed by atoms with Crippen LogP contribution >= 0.6 is 0 Å². The molecule has 0 aliphatic rings. The number of nitrogens with one attached hydrogen (secondary N) is 1. The average molecular weight is 291 g/mol. The van der Waals surface area contributed by atoms with Gasteiger partial charge in [0.2, 0.25) is 0 Å². The van der Waals surface area contributed by atoms with E-state index in [1.165, 1.54) is 0 Å². The van der Waals surface area contributed by atoms with Crippen LogP contribution in [0.1, 0.15) is 30.8 Å². The predicted octanol–water partition coefficient (Wildman–Crippen LogP) is 2.99. The highest BCUT2D eigenvalue weighted by molar-refractivity contribution is 5.97. The molecule has 0 aliphatic heterocycles. The standard InChI is InChI=1S/C16H21NO4/c1-4-12(10-19-3)17-16(18)14-9-11-7-6-8-13(20-5-2)15(11)21-14/h6-9,12H,4-5,10H2,1-3H3,(H,17,18). The number of hydrogen-bond acceptors (Lipinski definition) is 4. The second-order valence-electron chi connectivity index (χ2n) is 4.75. The van der Waals surface area contributed by atoms with Crippen molar-refractivity contribution in [3.8, 4) is 5.75 Å². The highest BCUT2D eigenvalue weighted by Gasteiger charge is 2.17. The number of amides is 1. The summed E-state index contributed by atoms with van der Waals surface area (Å²) in [4.78, 5) is 12.2. The molecule has 1 amide bonds. The number of carbonyl (C=O) groups excluding carboxylic acids is 1. The van der Waals surface area contributed by atoms with E-state index in [9.17, 15) is 4.79 Å². The number of rotatable bonds is 7. The summed E-state index contributed by atoms with van der Waals surface area (Å²) in [6.45, 7) is 4.93. The molecule has 0 aliphatic carbocycles. The first-order valence-corrected chi connectivity index (χ1v) is 7.14. The van der Waals surface area contributed by atoms with Crippen LogP contribution in [0.5, 0.6) is 5.75 Å². The number of fused-ring (bicyclic) bond motifs is 1. The molecule has 1 aromatic carbocycles. The van der Waals surface area contributed by atoms with Crippen LogP contribution in [-0.2, 0) is 4.74 Å². The number of methoxy groups -OCH3 is 1. The zero-order valence-corrected chi connectivity index (χ0v) is 12.6. The summed E-state index contributed by atoms with van der Waals surface area (Å²) in [7, 11) is 1.62. The lowest BCUT2D eigenvalue weighted by Crippen LogP contribution is -2.37. The summed E-state index contributed by atoms with van der Waals surface area (Å²) < 4.78 is 16.2. The molecule has 5 heteroatoms. The van der Waals surface area contributed by atoms with E-state index in [1.807, 2.05) is 32.0 Å². The van der Waals surface area contributed by atoms with Gasteiger partial charge in [-0.1, -0.05) is 19.1 Å². The quantitative estimate of drug-likeness (QED) is 0.852. The van der Waals surface area contributed by atoms with E-state index in [2.05, 4.69) is 5.32 Å². The van der Waals surface area contributed by atoms with Gasteiger partial charge in [0.1, 0.15) is 0 Å². The molecule has 1 N–H and O–H groups in total. The van der Waals surface area contributed by atoms with E-state index in [0.717, 1.165) is 11.8 Å². The Bertz CT molecular complexity index is 605. The van der Waals surface area contributed by atoms with Gasteiger partial charge in [-0.3, -0.25) is 4.79 Å². The first-order chi connectivity index (χ1) is 10.2. The molecule has 114 valence electrons. The Kier molecular flexibility index (Phi) is 5.22. The van der Waals surface area contributed by atoms with Crippen molar-refractivity contribution in [2.24, 2.45) is 0 Å². The fraction of sp³-hybridized carbons (Fsp3) is 0.438. The van der Waals surface area contributed by atoms with E-state index in [4.69, 9.17) is 13.9 Å². The first kappa shape index (κ1) is 15.4. The van der Waals surface area contributed by atoms with Crippen molar-refractivity contribution in [3.05, 3.63) is 30.0 Å². The van der Waals surface area contributed by atoms with E-state index in [-0.39, 0.29) is 17.7 Å². The van der Waals surface area contributed by atoms with Crippen molar-refractivity contribution < 1.29 is 18.7 Å². The van der Waals surface area contributed by atoms with Crippen LogP contribution in [0.15, 0.2) is 28.7 Å². The summed E-state index contributed by atoms with van der Waals surface area (Å²) in [5.41, 5.74) is 0.601. The summed E-state index contributed by atoms with van der Waals surface area (Å²) in [6, 6.07) is 7.31. The molecule has 21 heavy (non-hydrogen) atoms. The Morgan fingerprint density at radius 1 is 1.38 bits per heavy atom. The van der Waals surface area contributed by atoms with E-state index >= 15 is 0 Å². The van der Waals surface area contributed by atoms with Crippen molar-refractivity contribution in [2.75, 3.05) is 20.3 Å². The summed E-state index contributed by atoms with van der Waals surface area (Å²) in [5.74, 6) is 0.697. The average Bonchev–Trinajstić information content (AvgIpc) is 2.92. The lowest BCUT2D eigenvalue weighted by atomic mass is 10.2. The Morgan fingerprint density at radius 3 is 2.86 bits per heavy atom. The monoisotopic (exact) mass is 291 g/mol. The molecule has 0 fully saturated rings. The van der Waals surface area contributed by atoms with Gasteiger partial charge in [0.25, 0.3) is 5.91 Å². The van der Waals surface area contributed by atoms with Crippen LogP contribution in [0.25, 0.3) is 11.0 Å². The van der Waals surface area contributed by atoms with Gasteiger partial charge in [0, 0.05) is 12.5 Å². The summed E-state index contributed by atoms with van der Waals surface area (Å²) >= 11 is 0. The molecule has 0 bridgehead atoms. The molecule has 2 aromatic rings. The van der Waals surface area contributed by atoms with Crippen LogP contribution in [0.2, 0.25) is 0 Å². The molecule has 0 spiro atoms. The van der Waals surface area contributed by atoms with Crippen molar-refractivity contribution in [1.29, 1.82) is 0 Å². The van der Waals surface area contributed by atoms with Crippen molar-refractivity contribution in [1.82, 2.24) is 5.32 Å². The van der Waals surface area contributed by atoms with Crippen LogP contribution < -0.4 is 10.1 Å². The topological polar surface area (TPSA) is 60.7 Å². The van der Waals surface area contributed by atoms with Crippen LogP contribution in [-0.4, -0.2) is 32.3 Å². The number of carbonyl (C=O) groups is 1. The number of para-hydroxylation sites is 1. The Labute approximate surface area is 124 Å². The molecule has 2 rings (SSSR count). The van der Waals surface area contributed by atoms with Crippen LogP contribution in [0.3, 0.4) is 0 Å². The third-order valence-electron chi connectivity index (χ3n) is 3.23. The van der Waals surface area contributed by atoms with Crippen molar-refractivity contribution in [2.45, 2.75) is 26.3 Å². The number of benzene rings is 1. The molecule has 1 heterocycles. The second kappa shape index (κ2) is 7.13. The number of ether oxygens (including phenoxy) is 2. The van der Waals surface area contributed by atoms with Crippen LogP contribution in [0, 0.1) is 0 Å². The van der Waals surface area contributed by atoms with Gasteiger partial charge in [-0.05, 0) is 25.5 Å². The van der Waals surface area contributed by atoms with E-state index in [1.54, 1.807) is 13.2 Å². The lowest BCUT2D eigenvalue weighted by molar-refractivity contribution is 0.0869. The maximum Gasteiger partial charge on any atom is 0.287 e. The predicted molar refractivity (Wildman–Crippen MR) is 80.8 cm³/mol. The van der Waals surface area contributed by atoms with Gasteiger partial charge < -0.3 is 19.2 Å². The summed E-state index contributed by atoms with van der Waals surface area (Å²) in [6.07, 6.45) is 0.796. The maximum absolute atomic E-state index is 12.2. The molecular weight excluding hydrogens is 270 g/mol. The smallest absolute Gasteiger partial charge is 0.287 e. The van der Waals surface area contributed by atoms with Gasteiger partial charge >= 0.3 is 0 Å². The first-order valence-electron chi connectivity index (χ1n) is 7.14. The van der Waals surface area contributed by atoms with Gasteiger partial charge in [-0.15, -0.1) is 0 Å². The highest BCUT2D eigenvalue weighted by atomic mass is 16.5. The molecule has 0 radical (unpaired) electrons. The second-order valence-corrected chi connectivity index (χ2v) is 4.75. The minimum atomic E-state index is -0.238. The fourth-order valence-corrected chi connectivity index (χ4v) is 2.14. The molecule has 1 unspecified atom stereocenters. The maximum atomic E-state index is 12.2. The van der Waals surface area contributed by atoms with Crippen molar-refractivity contribution in [3.63, 3.8) is 0 Å². The molecule has 1 atom stereocenters. The minimum Gasteiger partial charge on any atom is -0.490 e. The molecule has 0 saturated heterocycles. The summed E-state index contributed by atoms with van der Waals surface area (Å²) in [5, 5.41) is 3.75. The zero-order valence-electron chi connectivity index (χ0n) is 12.6. The Morgan fingerprint density at radius 2 is 2.19 bits per heavy atom. The lowest BCUT2D eigenvalue weighted by Gasteiger charge is -2.14. The molecular formula is C16H21NO4. The minimum absolute atomic E-state index is 0.0259. The fourth-order valence-electron chi connectivity index (χ4n) is 2.14. The van der Waals surface area contributed by atoms with Gasteiger partial charge in [-0.2, -0.15) is 0 Å². The van der Waals surface area contributed by atoms with Gasteiger partial charge in [-0.25, -0.2) is 0 Å². The number of hydrogen-bond donors (Lipinski definition) is 1. The third-order valence-corrected chi connectivity index (χ3v) is 3.23. The molecule has 1 aromatic heterocycles. The van der Waals surface area contributed by atoms with Crippen molar-refractivity contribution >= 4 is 16.9 Å². The van der Waals surface area contributed by atoms with E-state index in [0.29, 0.717) is 24.5 Å². The number of furan rings is 1. The Hall–Kier alpha value is -2.01. The molecule has 0 saturated carbocycles.